The summed E-state index contributed by atoms with van der Waals surface area (Å²) in [6.07, 6.45) is 0. The Morgan fingerprint density at radius 2 is 1.89 bits per heavy atom. The van der Waals surface area contributed by atoms with E-state index in [1.54, 1.807) is 18.9 Å². The molecule has 2 aliphatic heterocycles. The highest BCUT2D eigenvalue weighted by atomic mass is 32.1. The molecule has 0 spiro atoms. The number of nitrogens with one attached hydrogen (secondary N) is 1. The zero-order valence-corrected chi connectivity index (χ0v) is 22.5. The van der Waals surface area contributed by atoms with Gasteiger partial charge in [-0.05, 0) is 49.9 Å². The fraction of sp³-hybridized carbons (Fsp3) is 0.444. The zero-order valence-electron chi connectivity index (χ0n) is 21.7. The van der Waals surface area contributed by atoms with Crippen LogP contribution in [0.2, 0.25) is 0 Å². The van der Waals surface area contributed by atoms with Crippen molar-refractivity contribution < 1.29 is 23.9 Å². The molecule has 2 aromatic rings. The number of piperazine rings is 1. The number of hydrogen-bond donors (Lipinski definition) is 1. The number of benzene rings is 1. The van der Waals surface area contributed by atoms with Gasteiger partial charge in [0, 0.05) is 44.5 Å². The van der Waals surface area contributed by atoms with Gasteiger partial charge in [0.25, 0.3) is 5.91 Å². The summed E-state index contributed by atoms with van der Waals surface area (Å²) in [4.78, 5) is 45.9. The summed E-state index contributed by atoms with van der Waals surface area (Å²) in [5.74, 6) is 0.281. The van der Waals surface area contributed by atoms with E-state index in [0.29, 0.717) is 49.7 Å². The van der Waals surface area contributed by atoms with E-state index >= 15 is 0 Å². The predicted molar refractivity (Wildman–Crippen MR) is 142 cm³/mol. The van der Waals surface area contributed by atoms with E-state index < -0.39 is 12.0 Å². The summed E-state index contributed by atoms with van der Waals surface area (Å²) in [6, 6.07) is 10.1. The Bertz CT molecular complexity index is 1150. The second kappa shape index (κ2) is 11.8. The molecule has 0 aliphatic carbocycles. The molecule has 1 aromatic carbocycles. The quantitative estimate of drug-likeness (QED) is 0.530. The average Bonchev–Trinajstić information content (AvgIpc) is 3.44. The summed E-state index contributed by atoms with van der Waals surface area (Å²) in [5, 5.41) is 4.90. The molecule has 3 heterocycles. The van der Waals surface area contributed by atoms with Crippen molar-refractivity contribution in [2.24, 2.45) is 0 Å². The van der Waals surface area contributed by atoms with Gasteiger partial charge in [0.15, 0.2) is 0 Å². The van der Waals surface area contributed by atoms with E-state index in [1.807, 2.05) is 60.5 Å². The smallest absolute Gasteiger partial charge is 0.338 e. The minimum atomic E-state index is -0.644. The van der Waals surface area contributed by atoms with Crippen LogP contribution in [-0.2, 0) is 9.53 Å². The van der Waals surface area contributed by atoms with Crippen molar-refractivity contribution in [3.63, 3.8) is 0 Å². The molecule has 0 bridgehead atoms. The summed E-state index contributed by atoms with van der Waals surface area (Å²) in [5.41, 5.74) is 1.83. The molecule has 1 N–H and O–H groups in total. The van der Waals surface area contributed by atoms with Crippen LogP contribution in [0.15, 0.2) is 53.0 Å². The van der Waals surface area contributed by atoms with Crippen LogP contribution in [0.5, 0.6) is 5.75 Å². The normalized spacial score (nSPS) is 20.6. The Balaban J connectivity index is 1.64. The predicted octanol–water partition coefficient (Wildman–Crippen LogP) is 3.51. The lowest BCUT2D eigenvalue weighted by atomic mass is 9.94. The number of carbonyl (C=O) groups excluding carboxylic acids is 3. The largest absolute Gasteiger partial charge is 0.497 e. The fourth-order valence-corrected chi connectivity index (χ4v) is 5.61. The Labute approximate surface area is 221 Å². The highest BCUT2D eigenvalue weighted by molar-refractivity contribution is 7.12. The zero-order chi connectivity index (χ0) is 26.5. The number of amides is 3. The molecule has 3 amide bonds. The molecule has 2 atom stereocenters. The fourth-order valence-electron chi connectivity index (χ4n) is 4.94. The molecule has 10 heteroatoms. The standard InChI is InChI=1S/C27H34N4O5S/c1-5-30-21(17-29-13-14-31(18(3)16-29)25(32)22-8-7-15-37-22)23(26(33)36-6-2)24(28-27(30)34)19-9-11-20(35-4)12-10-19/h7-12,15,18,24H,5-6,13-14,16-17H2,1-4H3,(H,28,34)/t18-,24+/m0/s1. The van der Waals surface area contributed by atoms with Gasteiger partial charge >= 0.3 is 12.0 Å². The molecule has 1 fully saturated rings. The van der Waals surface area contributed by atoms with Crippen LogP contribution in [0.3, 0.4) is 0 Å². The number of likely N-dealkylation sites (N-methyl/N-ethyl adjacent to an activating group) is 1. The molecule has 2 aliphatic rings. The van der Waals surface area contributed by atoms with Gasteiger partial charge in [-0.25, -0.2) is 9.59 Å². The van der Waals surface area contributed by atoms with Crippen LogP contribution in [0.25, 0.3) is 0 Å². The molecule has 9 nitrogen and oxygen atoms in total. The Hall–Kier alpha value is -3.37. The summed E-state index contributed by atoms with van der Waals surface area (Å²) < 4.78 is 10.7. The molecule has 0 unspecified atom stereocenters. The first kappa shape index (κ1) is 26.7. The van der Waals surface area contributed by atoms with Crippen molar-refractivity contribution in [2.45, 2.75) is 32.9 Å². The first-order chi connectivity index (χ1) is 17.9. The first-order valence-electron chi connectivity index (χ1n) is 12.6. The van der Waals surface area contributed by atoms with Gasteiger partial charge < -0.3 is 19.7 Å². The van der Waals surface area contributed by atoms with Crippen LogP contribution in [0.4, 0.5) is 4.79 Å². The maximum absolute atomic E-state index is 13.3. The second-order valence-electron chi connectivity index (χ2n) is 9.04. The highest BCUT2D eigenvalue weighted by Gasteiger charge is 2.39. The third kappa shape index (κ3) is 5.65. The van der Waals surface area contributed by atoms with Crippen molar-refractivity contribution in [3.05, 3.63) is 63.5 Å². The number of methoxy groups -OCH3 is 1. The van der Waals surface area contributed by atoms with Crippen LogP contribution >= 0.6 is 11.3 Å². The summed E-state index contributed by atoms with van der Waals surface area (Å²) >= 11 is 1.45. The maximum Gasteiger partial charge on any atom is 0.338 e. The number of urea groups is 1. The van der Waals surface area contributed by atoms with Gasteiger partial charge in [-0.15, -0.1) is 11.3 Å². The van der Waals surface area contributed by atoms with Gasteiger partial charge in [0.2, 0.25) is 0 Å². The third-order valence-electron chi connectivity index (χ3n) is 6.78. The van der Waals surface area contributed by atoms with E-state index in [0.717, 1.165) is 10.4 Å². The highest BCUT2D eigenvalue weighted by Crippen LogP contribution is 2.33. The average molecular weight is 527 g/mol. The molecular weight excluding hydrogens is 492 g/mol. The van der Waals surface area contributed by atoms with Crippen molar-refractivity contribution in [1.82, 2.24) is 20.0 Å². The molecule has 1 aromatic heterocycles. The monoisotopic (exact) mass is 526 g/mol. The van der Waals surface area contributed by atoms with Gasteiger partial charge in [-0.3, -0.25) is 14.6 Å². The van der Waals surface area contributed by atoms with Crippen LogP contribution < -0.4 is 10.1 Å². The summed E-state index contributed by atoms with van der Waals surface area (Å²) in [7, 11) is 1.59. The van der Waals surface area contributed by atoms with Gasteiger partial charge in [-0.1, -0.05) is 18.2 Å². The first-order valence-corrected chi connectivity index (χ1v) is 13.4. The number of nitrogens with zero attached hydrogens (tertiary/aromatic N) is 3. The lowest BCUT2D eigenvalue weighted by molar-refractivity contribution is -0.139. The van der Waals surface area contributed by atoms with Crippen LogP contribution in [0.1, 0.15) is 42.0 Å². The van der Waals surface area contributed by atoms with Crippen molar-refractivity contribution in [3.8, 4) is 5.75 Å². The van der Waals surface area contributed by atoms with Crippen molar-refractivity contribution in [1.29, 1.82) is 0 Å². The van der Waals surface area contributed by atoms with E-state index in [-0.39, 0.29) is 24.6 Å². The SMILES string of the molecule is CCOC(=O)C1=C(CN2CCN(C(=O)c3cccs3)[C@@H](C)C2)N(CC)C(=O)N[C@@H]1c1ccc(OC)cc1. The topological polar surface area (TPSA) is 91.4 Å². The lowest BCUT2D eigenvalue weighted by Crippen LogP contribution is -2.56. The Kier molecular flexibility index (Phi) is 8.50. The van der Waals surface area contributed by atoms with Crippen LogP contribution in [-0.4, -0.2) is 85.1 Å². The Morgan fingerprint density at radius 3 is 2.49 bits per heavy atom. The number of ether oxygens (including phenoxy) is 2. The number of thiophene rings is 1. The van der Waals surface area contributed by atoms with Crippen molar-refractivity contribution in [2.75, 3.05) is 46.4 Å². The minimum Gasteiger partial charge on any atom is -0.497 e. The number of carbonyl (C=O) groups is 3. The molecule has 0 saturated carbocycles. The lowest BCUT2D eigenvalue weighted by Gasteiger charge is -2.42. The second-order valence-corrected chi connectivity index (χ2v) is 9.99. The molecular formula is C27H34N4O5S. The summed E-state index contributed by atoms with van der Waals surface area (Å²) in [6.45, 7) is 8.55. The third-order valence-corrected chi connectivity index (χ3v) is 7.63. The van der Waals surface area contributed by atoms with E-state index in [1.165, 1.54) is 11.3 Å². The molecule has 0 radical (unpaired) electrons. The molecule has 198 valence electrons. The van der Waals surface area contributed by atoms with Gasteiger partial charge in [0.05, 0.1) is 30.2 Å². The van der Waals surface area contributed by atoms with Gasteiger partial charge in [-0.2, -0.15) is 0 Å². The molecule has 1 saturated heterocycles. The minimum absolute atomic E-state index is 0.0140. The number of rotatable bonds is 8. The molecule has 37 heavy (non-hydrogen) atoms. The van der Waals surface area contributed by atoms with Gasteiger partial charge in [0.1, 0.15) is 5.75 Å². The van der Waals surface area contributed by atoms with E-state index in [4.69, 9.17) is 9.47 Å². The molecule has 4 rings (SSSR count). The van der Waals surface area contributed by atoms with E-state index in [9.17, 15) is 14.4 Å². The van der Waals surface area contributed by atoms with E-state index in [2.05, 4.69) is 10.2 Å². The van der Waals surface area contributed by atoms with Crippen molar-refractivity contribution >= 4 is 29.2 Å². The number of esters is 1. The van der Waals surface area contributed by atoms with Crippen LogP contribution in [0, 0.1) is 0 Å². The maximum atomic E-state index is 13.3. The number of hydrogen-bond acceptors (Lipinski definition) is 7. The Morgan fingerprint density at radius 1 is 1.14 bits per heavy atom.